The first-order valence-corrected chi connectivity index (χ1v) is 14.0. The van der Waals surface area contributed by atoms with Crippen LogP contribution in [0.4, 0.5) is 17.6 Å². The van der Waals surface area contributed by atoms with Gasteiger partial charge in [0.05, 0.1) is 29.9 Å². The van der Waals surface area contributed by atoms with Gasteiger partial charge in [0.25, 0.3) is 5.91 Å². The summed E-state index contributed by atoms with van der Waals surface area (Å²) in [5.74, 6) is -2.43. The summed E-state index contributed by atoms with van der Waals surface area (Å²) in [6, 6.07) is 5.33. The minimum Gasteiger partial charge on any atom is -0.338 e. The zero-order valence-electron chi connectivity index (χ0n) is 24.0. The van der Waals surface area contributed by atoms with Crippen molar-refractivity contribution in [1.82, 2.24) is 39.1 Å². The van der Waals surface area contributed by atoms with Crippen molar-refractivity contribution in [2.45, 2.75) is 50.9 Å². The Hall–Kier alpha value is -4.38. The fourth-order valence-electron chi connectivity index (χ4n) is 5.88. The number of fused-ring (bicyclic) bond motifs is 1. The van der Waals surface area contributed by atoms with Gasteiger partial charge < -0.3 is 9.47 Å². The fraction of sp³-hybridized carbons (Fsp3) is 0.448. The van der Waals surface area contributed by atoms with Crippen LogP contribution in [0.3, 0.4) is 0 Å². The van der Waals surface area contributed by atoms with E-state index < -0.39 is 34.7 Å². The van der Waals surface area contributed by atoms with Crippen LogP contribution in [0.1, 0.15) is 49.2 Å². The summed E-state index contributed by atoms with van der Waals surface area (Å²) in [6.07, 6.45) is 4.30. The van der Waals surface area contributed by atoms with Crippen LogP contribution in [-0.4, -0.2) is 77.2 Å². The van der Waals surface area contributed by atoms with Crippen LogP contribution in [0.25, 0.3) is 22.3 Å². The quantitative estimate of drug-likeness (QED) is 0.309. The van der Waals surface area contributed by atoms with Gasteiger partial charge >= 0.3 is 6.18 Å². The van der Waals surface area contributed by atoms with Crippen LogP contribution in [0.2, 0.25) is 0 Å². The molecule has 14 heteroatoms. The Kier molecular flexibility index (Phi) is 8.20. The molecule has 2 aliphatic rings. The maximum Gasteiger partial charge on any atom is 0.436 e. The van der Waals surface area contributed by atoms with Gasteiger partial charge in [0.15, 0.2) is 11.5 Å². The number of aryl methyl sites for hydroxylation is 1. The summed E-state index contributed by atoms with van der Waals surface area (Å²) in [7, 11) is 1.91. The van der Waals surface area contributed by atoms with E-state index in [1.54, 1.807) is 6.20 Å². The lowest BCUT2D eigenvalue weighted by molar-refractivity contribution is -0.143. The number of aromatic nitrogens is 6. The van der Waals surface area contributed by atoms with E-state index in [0.29, 0.717) is 25.9 Å². The Morgan fingerprint density at radius 1 is 1.14 bits per heavy atom. The van der Waals surface area contributed by atoms with Crippen molar-refractivity contribution in [2.75, 3.05) is 26.2 Å². The number of pyridine rings is 1. The molecule has 6 rings (SSSR count). The number of nitrogens with zero attached hydrogens (tertiary/aromatic N) is 9. The Morgan fingerprint density at radius 3 is 2.53 bits per heavy atom. The number of likely N-dealkylation sites (tertiary alicyclic amines) is 2. The van der Waals surface area contributed by atoms with Crippen molar-refractivity contribution in [3.63, 3.8) is 0 Å². The number of nitriles is 1. The lowest BCUT2D eigenvalue weighted by atomic mass is 9.83. The first-order valence-electron chi connectivity index (χ1n) is 14.0. The molecule has 0 spiro atoms. The molecule has 0 radical (unpaired) electrons. The molecule has 2 saturated heterocycles. The molecule has 1 amide bonds. The number of hydrogen-bond donors (Lipinski definition) is 0. The summed E-state index contributed by atoms with van der Waals surface area (Å²) in [4.78, 5) is 28.3. The second kappa shape index (κ2) is 11.7. The van der Waals surface area contributed by atoms with Gasteiger partial charge in [-0.25, -0.2) is 19.3 Å². The predicted octanol–water partition coefficient (Wildman–Crippen LogP) is 4.64. The highest BCUT2D eigenvalue weighted by Gasteiger charge is 2.48. The van der Waals surface area contributed by atoms with Crippen LogP contribution < -0.4 is 0 Å². The molecule has 43 heavy (non-hydrogen) atoms. The molecular formula is C29H31F4N9O. The van der Waals surface area contributed by atoms with E-state index in [4.69, 9.17) is 0 Å². The molecule has 0 aromatic carbocycles. The highest BCUT2D eigenvalue weighted by Crippen LogP contribution is 2.38. The average molecular weight is 598 g/mol. The predicted molar refractivity (Wildman–Crippen MR) is 149 cm³/mol. The summed E-state index contributed by atoms with van der Waals surface area (Å²) in [5.41, 5.74) is -0.451. The maximum atomic E-state index is 14.5. The zero-order valence-corrected chi connectivity index (χ0v) is 24.0. The standard InChI is InChI=1S/C27H25F4N9O.C2H6/c1-37-9-5-20-22(34-16-35-24(20)37)17-12-36-40(13-17)26(6-7-32)14-39(15-26)18-3-10-38(11-4-18)25(41)19-2-8-33-23(21(19)28)27(29,30)31;1-2/h2,5,8-9,12-13,16,18H,3-4,6,10-11,14-15H2,1H3;1-2H3. The molecule has 2 aliphatic heterocycles. The van der Waals surface area contributed by atoms with Gasteiger partial charge in [0, 0.05) is 68.8 Å². The molecule has 0 atom stereocenters. The van der Waals surface area contributed by atoms with E-state index in [0.717, 1.165) is 34.6 Å². The third-order valence-corrected chi connectivity index (χ3v) is 8.06. The summed E-state index contributed by atoms with van der Waals surface area (Å²) in [6.45, 7) is 5.72. The van der Waals surface area contributed by atoms with Gasteiger partial charge in [-0.3, -0.25) is 14.4 Å². The smallest absolute Gasteiger partial charge is 0.338 e. The van der Waals surface area contributed by atoms with Gasteiger partial charge in [0.2, 0.25) is 0 Å². The number of halogens is 4. The van der Waals surface area contributed by atoms with Gasteiger partial charge in [-0.2, -0.15) is 23.5 Å². The molecule has 10 nitrogen and oxygen atoms in total. The topological polar surface area (TPSA) is 109 Å². The summed E-state index contributed by atoms with van der Waals surface area (Å²) < 4.78 is 57.4. The van der Waals surface area contributed by atoms with Gasteiger partial charge in [0.1, 0.15) is 17.5 Å². The van der Waals surface area contributed by atoms with Crippen molar-refractivity contribution in [1.29, 1.82) is 5.26 Å². The van der Waals surface area contributed by atoms with E-state index >= 15 is 0 Å². The number of carbonyl (C=O) groups is 1. The molecular weight excluding hydrogens is 566 g/mol. The van der Waals surface area contributed by atoms with Crippen molar-refractivity contribution >= 4 is 16.9 Å². The molecule has 0 N–H and O–H groups in total. The average Bonchev–Trinajstić information content (AvgIpc) is 3.63. The molecule has 0 bridgehead atoms. The lowest BCUT2D eigenvalue weighted by Crippen LogP contribution is -2.66. The van der Waals surface area contributed by atoms with Crippen LogP contribution >= 0.6 is 0 Å². The molecule has 0 aliphatic carbocycles. The second-order valence-electron chi connectivity index (χ2n) is 10.6. The highest BCUT2D eigenvalue weighted by atomic mass is 19.4. The van der Waals surface area contributed by atoms with Crippen molar-refractivity contribution in [3.05, 3.63) is 60.3 Å². The van der Waals surface area contributed by atoms with Crippen molar-refractivity contribution in [3.8, 4) is 17.3 Å². The van der Waals surface area contributed by atoms with Crippen LogP contribution in [0.15, 0.2) is 43.2 Å². The molecule has 0 unspecified atom stereocenters. The molecule has 2 fully saturated rings. The number of alkyl halides is 3. The van der Waals surface area contributed by atoms with Crippen LogP contribution in [-0.2, 0) is 18.8 Å². The minimum atomic E-state index is -4.99. The van der Waals surface area contributed by atoms with Crippen LogP contribution in [0.5, 0.6) is 0 Å². The molecule has 226 valence electrons. The van der Waals surface area contributed by atoms with E-state index in [9.17, 15) is 27.6 Å². The second-order valence-corrected chi connectivity index (χ2v) is 10.6. The van der Waals surface area contributed by atoms with Gasteiger partial charge in [-0.1, -0.05) is 13.8 Å². The monoisotopic (exact) mass is 597 g/mol. The Bertz CT molecular complexity index is 1660. The highest BCUT2D eigenvalue weighted by molar-refractivity contribution is 5.94. The SMILES string of the molecule is CC.Cn1ccc2c(-c3cnn(C4(CC#N)CN(C5CCN(C(=O)c6ccnc(C(F)(F)F)c6F)CC5)C4)c3)ncnc21. The largest absolute Gasteiger partial charge is 0.436 e. The molecule has 4 aromatic rings. The zero-order chi connectivity index (χ0) is 30.9. The number of piperidine rings is 1. The molecule has 6 heterocycles. The first kappa shape index (κ1) is 30.1. The van der Waals surface area contributed by atoms with Gasteiger partial charge in [-0.15, -0.1) is 0 Å². The third-order valence-electron chi connectivity index (χ3n) is 8.06. The van der Waals surface area contributed by atoms with Gasteiger partial charge in [-0.05, 0) is 25.0 Å². The van der Waals surface area contributed by atoms with E-state index in [1.165, 1.54) is 11.2 Å². The Morgan fingerprint density at radius 2 is 1.86 bits per heavy atom. The Labute approximate surface area is 245 Å². The third kappa shape index (κ3) is 5.45. The van der Waals surface area contributed by atoms with E-state index in [1.807, 2.05) is 48.6 Å². The Balaban J connectivity index is 0.00000180. The number of hydrogen-bond acceptors (Lipinski definition) is 7. The van der Waals surface area contributed by atoms with Crippen molar-refractivity contribution in [2.24, 2.45) is 7.05 Å². The normalized spacial score (nSPS) is 17.2. The molecule has 0 saturated carbocycles. The number of amides is 1. The fourth-order valence-corrected chi connectivity index (χ4v) is 5.88. The summed E-state index contributed by atoms with van der Waals surface area (Å²) >= 11 is 0. The first-order chi connectivity index (χ1) is 20.6. The van der Waals surface area contributed by atoms with Crippen molar-refractivity contribution < 1.29 is 22.4 Å². The minimum absolute atomic E-state index is 0.111. The maximum absolute atomic E-state index is 14.5. The van der Waals surface area contributed by atoms with E-state index in [-0.39, 0.29) is 25.6 Å². The van der Waals surface area contributed by atoms with E-state index in [2.05, 4.69) is 31.0 Å². The molecule has 4 aromatic heterocycles. The number of carbonyl (C=O) groups excluding carboxylic acids is 1. The number of rotatable bonds is 5. The lowest BCUT2D eigenvalue weighted by Gasteiger charge is -2.53. The van der Waals surface area contributed by atoms with Crippen LogP contribution in [0, 0.1) is 17.1 Å². The summed E-state index contributed by atoms with van der Waals surface area (Å²) in [5, 5.41) is 15.1.